The van der Waals surface area contributed by atoms with Crippen LogP contribution in [-0.2, 0) is 0 Å². The SMILES string of the molecule is Cc1cc(Cl)c(Br)cc1NC=C(C#N)c1nn[nH]n1. The van der Waals surface area contributed by atoms with Crippen molar-refractivity contribution in [2.45, 2.75) is 6.92 Å². The minimum atomic E-state index is 0.237. The monoisotopic (exact) mass is 338 g/mol. The first-order chi connectivity index (χ1) is 9.11. The maximum absolute atomic E-state index is 9.03. The Morgan fingerprint density at radius 3 is 3.00 bits per heavy atom. The average Bonchev–Trinajstić information content (AvgIpc) is 2.90. The molecule has 0 aliphatic carbocycles. The number of nitrogens with zero attached hydrogens (tertiary/aromatic N) is 4. The van der Waals surface area contributed by atoms with E-state index in [-0.39, 0.29) is 11.4 Å². The summed E-state index contributed by atoms with van der Waals surface area (Å²) in [6.45, 7) is 1.91. The van der Waals surface area contributed by atoms with E-state index in [2.05, 4.69) is 41.9 Å². The zero-order chi connectivity index (χ0) is 13.8. The van der Waals surface area contributed by atoms with E-state index in [1.165, 1.54) is 6.20 Å². The maximum atomic E-state index is 9.03. The molecule has 0 radical (unpaired) electrons. The lowest BCUT2D eigenvalue weighted by atomic mass is 10.2. The number of nitrogens with one attached hydrogen (secondary N) is 2. The maximum Gasteiger partial charge on any atom is 0.216 e. The highest BCUT2D eigenvalue weighted by Gasteiger charge is 2.07. The van der Waals surface area contributed by atoms with Crippen molar-refractivity contribution in [1.29, 1.82) is 5.26 Å². The quantitative estimate of drug-likeness (QED) is 0.839. The van der Waals surface area contributed by atoms with Gasteiger partial charge in [0.1, 0.15) is 11.6 Å². The standard InChI is InChI=1S/C11H8BrClN6/c1-6-2-9(13)8(12)3-10(6)15-5-7(4-14)11-16-18-19-17-11/h2-3,5,15H,1H3,(H,16,17,18,19). The average molecular weight is 340 g/mol. The van der Waals surface area contributed by atoms with Gasteiger partial charge in [-0.15, -0.1) is 10.2 Å². The van der Waals surface area contributed by atoms with Gasteiger partial charge in [0.2, 0.25) is 5.82 Å². The molecule has 19 heavy (non-hydrogen) atoms. The zero-order valence-electron chi connectivity index (χ0n) is 9.78. The fourth-order valence-corrected chi connectivity index (χ4v) is 1.94. The topological polar surface area (TPSA) is 90.3 Å². The van der Waals surface area contributed by atoms with Crippen LogP contribution in [0.3, 0.4) is 0 Å². The van der Waals surface area contributed by atoms with Gasteiger partial charge in [0.25, 0.3) is 0 Å². The number of aromatic amines is 1. The molecule has 0 bridgehead atoms. The largest absolute Gasteiger partial charge is 0.360 e. The molecule has 0 unspecified atom stereocenters. The van der Waals surface area contributed by atoms with Gasteiger partial charge in [0, 0.05) is 16.4 Å². The Hall–Kier alpha value is -1.91. The summed E-state index contributed by atoms with van der Waals surface area (Å²) < 4.78 is 0.772. The van der Waals surface area contributed by atoms with Gasteiger partial charge in [-0.1, -0.05) is 11.6 Å². The van der Waals surface area contributed by atoms with Gasteiger partial charge in [-0.05, 0) is 45.8 Å². The molecule has 0 fully saturated rings. The van der Waals surface area contributed by atoms with Crippen LogP contribution in [0.15, 0.2) is 22.8 Å². The van der Waals surface area contributed by atoms with E-state index in [0.717, 1.165) is 15.7 Å². The molecule has 0 spiro atoms. The number of aryl methyl sites for hydroxylation is 1. The molecule has 0 aliphatic heterocycles. The lowest BCUT2D eigenvalue weighted by molar-refractivity contribution is 0.881. The molecule has 2 N–H and O–H groups in total. The Labute approximate surface area is 122 Å². The number of aromatic nitrogens is 4. The number of halogens is 2. The molecule has 0 saturated carbocycles. The van der Waals surface area contributed by atoms with E-state index in [1.807, 2.05) is 25.1 Å². The third-order valence-corrected chi connectivity index (χ3v) is 3.54. The molecule has 2 aromatic rings. The van der Waals surface area contributed by atoms with Crippen LogP contribution < -0.4 is 5.32 Å². The summed E-state index contributed by atoms with van der Waals surface area (Å²) in [6.07, 6.45) is 1.52. The van der Waals surface area contributed by atoms with E-state index in [9.17, 15) is 0 Å². The Morgan fingerprint density at radius 1 is 1.58 bits per heavy atom. The predicted octanol–water partition coefficient (Wildman–Crippen LogP) is 2.90. The van der Waals surface area contributed by atoms with Crippen LogP contribution in [0, 0.1) is 18.3 Å². The second-order valence-electron chi connectivity index (χ2n) is 3.63. The molecule has 8 heteroatoms. The molecule has 1 aromatic carbocycles. The van der Waals surface area contributed by atoms with Crippen LogP contribution in [0.1, 0.15) is 11.4 Å². The van der Waals surface area contributed by atoms with Gasteiger partial charge in [0.05, 0.1) is 5.02 Å². The Balaban J connectivity index is 2.27. The second kappa shape index (κ2) is 5.82. The first-order valence-electron chi connectivity index (χ1n) is 5.18. The molecule has 1 aromatic heterocycles. The minimum absolute atomic E-state index is 0.237. The third-order valence-electron chi connectivity index (χ3n) is 2.35. The van der Waals surface area contributed by atoms with Crippen molar-refractivity contribution in [3.05, 3.63) is 39.2 Å². The van der Waals surface area contributed by atoms with Crippen molar-refractivity contribution < 1.29 is 0 Å². The van der Waals surface area contributed by atoms with Gasteiger partial charge in [-0.2, -0.15) is 10.5 Å². The van der Waals surface area contributed by atoms with E-state index in [0.29, 0.717) is 5.02 Å². The van der Waals surface area contributed by atoms with E-state index < -0.39 is 0 Å². The van der Waals surface area contributed by atoms with Crippen LogP contribution in [0.2, 0.25) is 5.02 Å². The number of nitriles is 1. The van der Waals surface area contributed by atoms with Crippen LogP contribution in [0.4, 0.5) is 5.69 Å². The summed E-state index contributed by atoms with van der Waals surface area (Å²) >= 11 is 9.33. The first-order valence-corrected chi connectivity index (χ1v) is 6.35. The lowest BCUT2D eigenvalue weighted by Crippen LogP contribution is -1.95. The number of benzene rings is 1. The van der Waals surface area contributed by atoms with Crippen molar-refractivity contribution in [2.24, 2.45) is 0 Å². The van der Waals surface area contributed by atoms with Crippen molar-refractivity contribution in [1.82, 2.24) is 20.6 Å². The summed E-state index contributed by atoms with van der Waals surface area (Å²) in [6, 6.07) is 5.65. The van der Waals surface area contributed by atoms with Gasteiger partial charge < -0.3 is 5.32 Å². The number of H-pyrrole nitrogens is 1. The normalized spacial score (nSPS) is 11.2. The Kier molecular flexibility index (Phi) is 4.14. The highest BCUT2D eigenvalue weighted by molar-refractivity contribution is 9.10. The number of anilines is 1. The molecule has 0 amide bonds. The van der Waals surface area contributed by atoms with Gasteiger partial charge >= 0.3 is 0 Å². The van der Waals surface area contributed by atoms with Crippen molar-refractivity contribution >= 4 is 38.8 Å². The number of allylic oxidation sites excluding steroid dienone is 1. The lowest BCUT2D eigenvalue weighted by Gasteiger charge is -2.07. The molecule has 0 saturated heterocycles. The van der Waals surface area contributed by atoms with Crippen LogP contribution >= 0.6 is 27.5 Å². The zero-order valence-corrected chi connectivity index (χ0v) is 12.1. The van der Waals surface area contributed by atoms with Gasteiger partial charge in [-0.25, -0.2) is 0 Å². The van der Waals surface area contributed by atoms with E-state index >= 15 is 0 Å². The molecule has 1 heterocycles. The smallest absolute Gasteiger partial charge is 0.216 e. The Bertz CT molecular complexity index is 659. The second-order valence-corrected chi connectivity index (χ2v) is 4.89. The summed E-state index contributed by atoms with van der Waals surface area (Å²) in [7, 11) is 0. The fraction of sp³-hybridized carbons (Fsp3) is 0.0909. The number of hydrogen-bond acceptors (Lipinski definition) is 5. The van der Waals surface area contributed by atoms with Gasteiger partial charge in [0.15, 0.2) is 0 Å². The van der Waals surface area contributed by atoms with Crippen LogP contribution in [-0.4, -0.2) is 20.6 Å². The molecule has 6 nitrogen and oxygen atoms in total. The Morgan fingerprint density at radius 2 is 2.37 bits per heavy atom. The molecule has 2 rings (SSSR count). The number of tetrazole rings is 1. The van der Waals surface area contributed by atoms with Crippen LogP contribution in [0.5, 0.6) is 0 Å². The minimum Gasteiger partial charge on any atom is -0.360 e. The van der Waals surface area contributed by atoms with Crippen LogP contribution in [0.25, 0.3) is 5.57 Å². The highest BCUT2D eigenvalue weighted by Crippen LogP contribution is 2.29. The molecule has 96 valence electrons. The summed E-state index contributed by atoms with van der Waals surface area (Å²) in [5, 5.41) is 25.9. The predicted molar refractivity (Wildman–Crippen MR) is 75.3 cm³/mol. The number of rotatable bonds is 3. The highest BCUT2D eigenvalue weighted by atomic mass is 79.9. The van der Waals surface area contributed by atoms with Crippen molar-refractivity contribution in [3.63, 3.8) is 0 Å². The molecular formula is C11H8BrClN6. The van der Waals surface area contributed by atoms with E-state index in [4.69, 9.17) is 16.9 Å². The molecular weight excluding hydrogens is 332 g/mol. The fourth-order valence-electron chi connectivity index (χ4n) is 1.37. The number of hydrogen-bond donors (Lipinski definition) is 2. The van der Waals surface area contributed by atoms with Crippen molar-refractivity contribution in [3.8, 4) is 6.07 Å². The first kappa shape index (κ1) is 13.5. The van der Waals surface area contributed by atoms with Crippen molar-refractivity contribution in [2.75, 3.05) is 5.32 Å². The summed E-state index contributed by atoms with van der Waals surface area (Å²) in [5.41, 5.74) is 2.06. The summed E-state index contributed by atoms with van der Waals surface area (Å²) in [5.74, 6) is 0.237. The van der Waals surface area contributed by atoms with E-state index in [1.54, 1.807) is 0 Å². The van der Waals surface area contributed by atoms with Gasteiger partial charge in [-0.3, -0.25) is 0 Å². The molecule has 0 atom stereocenters. The third kappa shape index (κ3) is 3.10. The molecule has 0 aliphatic rings. The summed E-state index contributed by atoms with van der Waals surface area (Å²) in [4.78, 5) is 0.